The molecule has 0 aliphatic heterocycles. The Morgan fingerprint density at radius 1 is 0.905 bits per heavy atom. The number of benzene rings is 1. The van der Waals surface area contributed by atoms with E-state index in [4.69, 9.17) is 0 Å². The number of hydrogen-bond acceptors (Lipinski definition) is 1. The van der Waals surface area contributed by atoms with Gasteiger partial charge in [0, 0.05) is 11.5 Å². The van der Waals surface area contributed by atoms with Crippen molar-refractivity contribution in [2.75, 3.05) is 0 Å². The van der Waals surface area contributed by atoms with E-state index in [1.165, 1.54) is 19.3 Å². The van der Waals surface area contributed by atoms with Gasteiger partial charge < -0.3 is 14.9 Å². The molecule has 1 unspecified atom stereocenters. The van der Waals surface area contributed by atoms with E-state index in [9.17, 15) is 4.79 Å². The molecule has 0 spiro atoms. The summed E-state index contributed by atoms with van der Waals surface area (Å²) in [6.07, 6.45) is 14.6. The van der Waals surface area contributed by atoms with Gasteiger partial charge in [-0.3, -0.25) is 4.79 Å². The Labute approximate surface area is 141 Å². The van der Waals surface area contributed by atoms with E-state index in [0.717, 1.165) is 18.4 Å². The molecule has 1 aromatic rings. The summed E-state index contributed by atoms with van der Waals surface area (Å²) in [4.78, 5) is 11.8. The molecule has 0 N–H and O–H groups in total. The van der Waals surface area contributed by atoms with Crippen LogP contribution >= 0.6 is 0 Å². The van der Waals surface area contributed by atoms with Crippen molar-refractivity contribution in [2.45, 2.75) is 32.1 Å². The fourth-order valence-corrected chi connectivity index (χ4v) is 2.26. The zero-order valence-electron chi connectivity index (χ0n) is 13.1. The molecule has 0 radical (unpaired) electrons. The summed E-state index contributed by atoms with van der Waals surface area (Å²) >= 11 is 0. The summed E-state index contributed by atoms with van der Waals surface area (Å²) in [7, 11) is 0. The Morgan fingerprint density at radius 2 is 1.52 bits per heavy atom. The number of carbonyl (C=O) groups is 1. The van der Waals surface area contributed by atoms with Crippen molar-refractivity contribution in [3.63, 3.8) is 0 Å². The van der Waals surface area contributed by atoms with Crippen molar-refractivity contribution in [2.24, 2.45) is 5.92 Å². The molecule has 0 saturated heterocycles. The van der Waals surface area contributed by atoms with E-state index in [1.54, 1.807) is 0 Å². The molecule has 0 fully saturated rings. The molecule has 0 aromatic heterocycles. The Balaban J connectivity index is 0. The van der Waals surface area contributed by atoms with Crippen molar-refractivity contribution in [1.29, 1.82) is 0 Å². The van der Waals surface area contributed by atoms with Gasteiger partial charge in [-0.05, 0) is 32.1 Å². The van der Waals surface area contributed by atoms with Gasteiger partial charge in [0.25, 0.3) is 0 Å². The molecule has 2 aliphatic rings. The zero-order valence-corrected chi connectivity index (χ0v) is 14.2. The van der Waals surface area contributed by atoms with Crippen LogP contribution in [0, 0.1) is 20.8 Å². The number of ketones is 1. The van der Waals surface area contributed by atoms with Crippen LogP contribution in [0.4, 0.5) is 0 Å². The van der Waals surface area contributed by atoms with Gasteiger partial charge in [0.1, 0.15) is 0 Å². The van der Waals surface area contributed by atoms with Gasteiger partial charge in [-0.25, -0.2) is 0 Å². The molecule has 1 aromatic carbocycles. The normalized spacial score (nSPS) is 17.6. The van der Waals surface area contributed by atoms with E-state index in [0.29, 0.717) is 0 Å². The van der Waals surface area contributed by atoms with Gasteiger partial charge >= 0.3 is 17.1 Å². The minimum absolute atomic E-state index is 0. The third-order valence-electron chi connectivity index (χ3n) is 3.32. The molecular weight excluding hydrogens is 300 g/mol. The molecular formula is C19H26FeO. The van der Waals surface area contributed by atoms with Crippen molar-refractivity contribution >= 4 is 5.78 Å². The third kappa shape index (κ3) is 7.45. The van der Waals surface area contributed by atoms with Gasteiger partial charge in [-0.15, -0.1) is 0 Å². The fraction of sp³-hybridized carbons (Fsp3) is 0.316. The topological polar surface area (TPSA) is 17.1 Å². The Hall–Kier alpha value is -1.11. The Bertz CT molecular complexity index is 428. The van der Waals surface area contributed by atoms with Crippen LogP contribution < -0.4 is 0 Å². The number of rotatable bonds is 2. The number of carbonyl (C=O) groups excluding carboxylic acids is 1. The minimum Gasteiger partial charge on any atom is -0.358 e. The second kappa shape index (κ2) is 12.6. The maximum absolute atomic E-state index is 11.8. The predicted molar refractivity (Wildman–Crippen MR) is 88.5 cm³/mol. The van der Waals surface area contributed by atoms with Crippen LogP contribution in [0.25, 0.3) is 0 Å². The van der Waals surface area contributed by atoms with Crippen molar-refractivity contribution < 1.29 is 21.9 Å². The van der Waals surface area contributed by atoms with Gasteiger partial charge in [0.15, 0.2) is 5.78 Å². The molecule has 2 aliphatic carbocycles. The predicted octanol–water partition coefficient (Wildman–Crippen LogP) is 5.46. The van der Waals surface area contributed by atoms with E-state index in [-0.39, 0.29) is 43.6 Å². The quantitative estimate of drug-likeness (QED) is 0.305. The minimum atomic E-state index is 0. The molecule has 0 heterocycles. The van der Waals surface area contributed by atoms with Crippen LogP contribution in [0.5, 0.6) is 0 Å². The van der Waals surface area contributed by atoms with Crippen LogP contribution in [0.15, 0.2) is 54.6 Å². The molecule has 2 heteroatoms. The zero-order chi connectivity index (χ0) is 12.6. The molecule has 1 nitrogen and oxygen atoms in total. The van der Waals surface area contributed by atoms with Crippen molar-refractivity contribution in [1.82, 2.24) is 0 Å². The first-order valence-corrected chi connectivity index (χ1v) is 6.79. The summed E-state index contributed by atoms with van der Waals surface area (Å²) in [5, 5.41) is 0. The first kappa shape index (κ1) is 22.2. The van der Waals surface area contributed by atoms with E-state index in [2.05, 4.69) is 18.2 Å². The summed E-state index contributed by atoms with van der Waals surface area (Å²) in [6, 6.07) is 9.52. The summed E-state index contributed by atoms with van der Waals surface area (Å²) in [5.41, 5.74) is 0.832. The van der Waals surface area contributed by atoms with Crippen LogP contribution in [0.2, 0.25) is 0 Å². The second-order valence-electron chi connectivity index (χ2n) is 4.74. The summed E-state index contributed by atoms with van der Waals surface area (Å²) in [6.45, 7) is 0. The van der Waals surface area contributed by atoms with E-state index in [1.807, 2.05) is 36.4 Å². The molecule has 3 rings (SSSR count). The molecule has 21 heavy (non-hydrogen) atoms. The first-order valence-electron chi connectivity index (χ1n) is 6.79. The monoisotopic (exact) mass is 326 g/mol. The number of allylic oxidation sites excluding steroid dienone is 4. The maximum Gasteiger partial charge on any atom is 2.00 e. The molecule has 116 valence electrons. The van der Waals surface area contributed by atoms with E-state index < -0.39 is 0 Å². The van der Waals surface area contributed by atoms with Crippen LogP contribution in [0.3, 0.4) is 0 Å². The van der Waals surface area contributed by atoms with Gasteiger partial charge in [0.05, 0.1) is 0 Å². The Kier molecular flexibility index (Phi) is 13.3. The van der Waals surface area contributed by atoms with E-state index >= 15 is 0 Å². The van der Waals surface area contributed by atoms with Crippen LogP contribution in [0.1, 0.15) is 42.5 Å². The molecule has 0 amide bonds. The smallest absolute Gasteiger partial charge is 0.358 e. The van der Waals surface area contributed by atoms with Crippen LogP contribution in [-0.4, -0.2) is 5.78 Å². The number of hydrogen-bond donors (Lipinski definition) is 0. The second-order valence-corrected chi connectivity index (χ2v) is 4.74. The van der Waals surface area contributed by atoms with Crippen LogP contribution in [-0.2, 0) is 17.1 Å². The fourth-order valence-electron chi connectivity index (χ4n) is 2.26. The number of Topliss-reactive ketones (excluding diaryl/α,β-unsaturated/α-hetero) is 1. The summed E-state index contributed by atoms with van der Waals surface area (Å²) in [5.74, 6) is 0.386. The Morgan fingerprint density at radius 3 is 1.95 bits per heavy atom. The first-order chi connectivity index (χ1) is 8.88. The van der Waals surface area contributed by atoms with Crippen molar-refractivity contribution in [3.8, 4) is 0 Å². The van der Waals surface area contributed by atoms with Gasteiger partial charge in [-0.2, -0.15) is 0 Å². The SMILES string of the molecule is C1=CCCC1.O=C(c1ccccc1)C1C=CCC1.[CH3-].[CH3-].[Fe+2]. The van der Waals surface area contributed by atoms with Gasteiger partial charge in [0.2, 0.25) is 0 Å². The maximum atomic E-state index is 11.8. The largest absolute Gasteiger partial charge is 2.00 e. The molecule has 1 atom stereocenters. The van der Waals surface area contributed by atoms with Gasteiger partial charge in [-0.1, -0.05) is 54.6 Å². The van der Waals surface area contributed by atoms with Crippen molar-refractivity contribution in [3.05, 3.63) is 75.1 Å². The molecule has 0 bridgehead atoms. The standard InChI is InChI=1S/C12H12O.C5H8.2CH3.Fe/c13-12(11-8-4-5-9-11)10-6-2-1-3-7-10;1-2-4-5-3-1;;;/h1-4,6-8,11H,5,9H2;1-2H,3-5H2;2*1H3;/q;;2*-1;+2. The average molecular weight is 326 g/mol. The third-order valence-corrected chi connectivity index (χ3v) is 3.32. The average Bonchev–Trinajstić information content (AvgIpc) is 3.14. The summed E-state index contributed by atoms with van der Waals surface area (Å²) < 4.78 is 0. The molecule has 0 saturated carbocycles.